The van der Waals surface area contributed by atoms with Gasteiger partial charge in [0.1, 0.15) is 5.38 Å². The van der Waals surface area contributed by atoms with Crippen LogP contribution in [0.1, 0.15) is 44.4 Å². The Hall–Kier alpha value is -1.28. The van der Waals surface area contributed by atoms with Crippen molar-refractivity contribution >= 4 is 28.8 Å². The molecule has 1 aromatic carbocycles. The highest BCUT2D eigenvalue weighted by molar-refractivity contribution is 6.33. The maximum Gasteiger partial charge on any atom is 0.245 e. The molecular formula is C17H22ClNO. The number of halogens is 1. The molecule has 1 aliphatic rings. The van der Waals surface area contributed by atoms with Gasteiger partial charge in [-0.25, -0.2) is 0 Å². The molecule has 1 aliphatic heterocycles. The number of hydrogen-bond acceptors (Lipinski definition) is 1. The number of carbonyl (C=O) groups is 1. The van der Waals surface area contributed by atoms with Crippen LogP contribution in [0.25, 0.3) is 5.57 Å². The zero-order valence-corrected chi connectivity index (χ0v) is 13.8. The molecule has 20 heavy (non-hydrogen) atoms. The van der Waals surface area contributed by atoms with Crippen LogP contribution in [0.2, 0.25) is 0 Å². The highest BCUT2D eigenvalue weighted by Gasteiger charge is 2.37. The zero-order valence-electron chi connectivity index (χ0n) is 13.0. The number of nitrogens with zero attached hydrogens (tertiary/aromatic N) is 1. The van der Waals surface area contributed by atoms with Crippen molar-refractivity contribution in [2.45, 2.75) is 52.5 Å². The Kier molecular flexibility index (Phi) is 3.72. The van der Waals surface area contributed by atoms with Crippen molar-refractivity contribution in [3.05, 3.63) is 34.9 Å². The van der Waals surface area contributed by atoms with E-state index in [1.165, 1.54) is 16.7 Å². The number of rotatable bonds is 1. The Labute approximate surface area is 126 Å². The van der Waals surface area contributed by atoms with Crippen molar-refractivity contribution in [2.75, 3.05) is 4.90 Å². The molecule has 0 fully saturated rings. The fraction of sp³-hybridized carbons (Fsp3) is 0.471. The Balaban J connectivity index is 2.70. The standard InChI is InChI=1S/C17H22ClNO/c1-10-7-14-12(3)9-17(5,6)19(16(20)13(4)18)15(14)8-11(10)2/h7-9,13H,1-6H3/t13-/m1/s1. The van der Waals surface area contributed by atoms with Crippen molar-refractivity contribution in [3.63, 3.8) is 0 Å². The minimum atomic E-state index is -0.532. The molecule has 0 radical (unpaired) electrons. The van der Waals surface area contributed by atoms with E-state index in [1.807, 2.05) is 18.7 Å². The van der Waals surface area contributed by atoms with Crippen LogP contribution in [-0.2, 0) is 4.79 Å². The van der Waals surface area contributed by atoms with Crippen molar-refractivity contribution in [3.8, 4) is 0 Å². The second-order valence-electron chi connectivity index (χ2n) is 6.22. The molecule has 1 heterocycles. The van der Waals surface area contributed by atoms with E-state index in [0.29, 0.717) is 0 Å². The molecule has 0 unspecified atom stereocenters. The molecule has 0 N–H and O–H groups in total. The molecule has 0 spiro atoms. The lowest BCUT2D eigenvalue weighted by Crippen LogP contribution is -2.51. The first kappa shape index (κ1) is 15.1. The predicted molar refractivity (Wildman–Crippen MR) is 86.4 cm³/mol. The number of carbonyl (C=O) groups excluding carboxylic acids is 1. The molecule has 0 saturated heterocycles. The van der Waals surface area contributed by atoms with Gasteiger partial charge in [-0.3, -0.25) is 4.79 Å². The number of fused-ring (bicyclic) bond motifs is 1. The summed E-state index contributed by atoms with van der Waals surface area (Å²) >= 11 is 6.05. The molecule has 2 rings (SSSR count). The first-order valence-corrected chi connectivity index (χ1v) is 7.38. The summed E-state index contributed by atoms with van der Waals surface area (Å²) in [5.74, 6) is -0.0510. The molecular weight excluding hydrogens is 270 g/mol. The van der Waals surface area contributed by atoms with Gasteiger partial charge in [-0.1, -0.05) is 6.08 Å². The van der Waals surface area contributed by atoms with E-state index >= 15 is 0 Å². The summed E-state index contributed by atoms with van der Waals surface area (Å²) in [7, 11) is 0. The molecule has 0 aromatic heterocycles. The summed E-state index contributed by atoms with van der Waals surface area (Å²) in [5.41, 5.74) is 5.36. The van der Waals surface area contributed by atoms with E-state index in [-0.39, 0.29) is 11.4 Å². The second-order valence-corrected chi connectivity index (χ2v) is 6.88. The van der Waals surface area contributed by atoms with E-state index in [2.05, 4.69) is 39.0 Å². The largest absolute Gasteiger partial charge is 0.301 e. The SMILES string of the molecule is CC1=CC(C)(C)N(C(=O)[C@@H](C)Cl)c2cc(C)c(C)cc21. The van der Waals surface area contributed by atoms with Crippen LogP contribution < -0.4 is 4.90 Å². The van der Waals surface area contributed by atoms with Gasteiger partial charge in [-0.2, -0.15) is 0 Å². The molecule has 2 nitrogen and oxygen atoms in total. The summed E-state index contributed by atoms with van der Waals surface area (Å²) in [6.07, 6.45) is 2.14. The maximum atomic E-state index is 12.5. The number of amides is 1. The van der Waals surface area contributed by atoms with Crippen molar-refractivity contribution in [2.24, 2.45) is 0 Å². The van der Waals surface area contributed by atoms with E-state index in [0.717, 1.165) is 11.3 Å². The van der Waals surface area contributed by atoms with Gasteiger partial charge in [0, 0.05) is 5.56 Å². The lowest BCUT2D eigenvalue weighted by molar-refractivity contribution is -0.118. The Morgan fingerprint density at radius 1 is 1.20 bits per heavy atom. The van der Waals surface area contributed by atoms with Crippen molar-refractivity contribution in [1.29, 1.82) is 0 Å². The van der Waals surface area contributed by atoms with Crippen LogP contribution in [0.4, 0.5) is 5.69 Å². The fourth-order valence-corrected chi connectivity index (χ4v) is 2.96. The highest BCUT2D eigenvalue weighted by Crippen LogP contribution is 2.40. The van der Waals surface area contributed by atoms with Crippen LogP contribution in [0.5, 0.6) is 0 Å². The minimum Gasteiger partial charge on any atom is -0.301 e. The number of aryl methyl sites for hydroxylation is 2. The van der Waals surface area contributed by atoms with Crippen LogP contribution in [-0.4, -0.2) is 16.8 Å². The highest BCUT2D eigenvalue weighted by atomic mass is 35.5. The van der Waals surface area contributed by atoms with Gasteiger partial charge in [-0.05, 0) is 70.4 Å². The number of alkyl halides is 1. The summed E-state index contributed by atoms with van der Waals surface area (Å²) in [5, 5.41) is -0.532. The van der Waals surface area contributed by atoms with Gasteiger partial charge in [0.25, 0.3) is 0 Å². The molecule has 0 bridgehead atoms. The average molecular weight is 292 g/mol. The van der Waals surface area contributed by atoms with Crippen LogP contribution in [0, 0.1) is 13.8 Å². The second kappa shape index (κ2) is 4.92. The molecule has 1 aromatic rings. The molecule has 108 valence electrons. The predicted octanol–water partition coefficient (Wildman–Crippen LogP) is 4.46. The lowest BCUT2D eigenvalue weighted by atomic mass is 9.87. The topological polar surface area (TPSA) is 20.3 Å². The Bertz CT molecular complexity index is 599. The average Bonchev–Trinajstić information content (AvgIpc) is 2.30. The maximum absolute atomic E-state index is 12.5. The monoisotopic (exact) mass is 291 g/mol. The normalized spacial score (nSPS) is 18.4. The van der Waals surface area contributed by atoms with E-state index in [9.17, 15) is 4.79 Å². The first-order chi connectivity index (χ1) is 9.15. The van der Waals surface area contributed by atoms with Gasteiger partial charge in [0.2, 0.25) is 5.91 Å². The van der Waals surface area contributed by atoms with Crippen LogP contribution in [0.15, 0.2) is 18.2 Å². The number of anilines is 1. The molecule has 0 saturated carbocycles. The zero-order chi connectivity index (χ0) is 15.2. The van der Waals surface area contributed by atoms with Crippen molar-refractivity contribution < 1.29 is 4.79 Å². The van der Waals surface area contributed by atoms with Gasteiger partial charge >= 0.3 is 0 Å². The van der Waals surface area contributed by atoms with Gasteiger partial charge in [0.05, 0.1) is 11.2 Å². The van der Waals surface area contributed by atoms with E-state index in [4.69, 9.17) is 11.6 Å². The summed E-state index contributed by atoms with van der Waals surface area (Å²) in [6.45, 7) is 12.1. The third-order valence-corrected chi connectivity index (χ3v) is 4.17. The smallest absolute Gasteiger partial charge is 0.245 e. The summed E-state index contributed by atoms with van der Waals surface area (Å²) in [4.78, 5) is 14.4. The number of benzene rings is 1. The van der Waals surface area contributed by atoms with Crippen LogP contribution in [0.3, 0.4) is 0 Å². The first-order valence-electron chi connectivity index (χ1n) is 6.94. The number of allylic oxidation sites excluding steroid dienone is 1. The quantitative estimate of drug-likeness (QED) is 0.700. The Morgan fingerprint density at radius 2 is 1.75 bits per heavy atom. The lowest BCUT2D eigenvalue weighted by Gasteiger charge is -2.42. The Morgan fingerprint density at radius 3 is 2.30 bits per heavy atom. The molecule has 1 amide bonds. The third-order valence-electron chi connectivity index (χ3n) is 3.98. The van der Waals surface area contributed by atoms with Crippen molar-refractivity contribution in [1.82, 2.24) is 0 Å². The van der Waals surface area contributed by atoms with E-state index in [1.54, 1.807) is 6.92 Å². The molecule has 1 atom stereocenters. The molecule has 0 aliphatic carbocycles. The summed E-state index contributed by atoms with van der Waals surface area (Å²) < 4.78 is 0. The van der Waals surface area contributed by atoms with Crippen LogP contribution >= 0.6 is 11.6 Å². The van der Waals surface area contributed by atoms with Gasteiger partial charge in [-0.15, -0.1) is 11.6 Å². The molecule has 3 heteroatoms. The summed E-state index contributed by atoms with van der Waals surface area (Å²) in [6, 6.07) is 4.25. The third kappa shape index (κ3) is 2.37. The minimum absolute atomic E-state index is 0.0510. The number of hydrogen-bond donors (Lipinski definition) is 0. The van der Waals surface area contributed by atoms with E-state index < -0.39 is 5.38 Å². The van der Waals surface area contributed by atoms with Gasteiger partial charge < -0.3 is 4.90 Å². The fourth-order valence-electron chi connectivity index (χ4n) is 2.86. The van der Waals surface area contributed by atoms with Gasteiger partial charge in [0.15, 0.2) is 0 Å².